The molecule has 1 aromatic carbocycles. The first-order valence-corrected chi connectivity index (χ1v) is 8.40. The molecule has 0 saturated heterocycles. The number of likely N-dealkylation sites (N-methyl/N-ethyl adjacent to an activating group) is 1. The van der Waals surface area contributed by atoms with Crippen molar-refractivity contribution in [3.63, 3.8) is 0 Å². The molecule has 3 nitrogen and oxygen atoms in total. The Balaban J connectivity index is 1.80. The van der Waals surface area contributed by atoms with Crippen molar-refractivity contribution in [1.82, 2.24) is 14.5 Å². The summed E-state index contributed by atoms with van der Waals surface area (Å²) >= 11 is 6.33. The molecule has 0 N–H and O–H groups in total. The second kappa shape index (κ2) is 6.37. The maximum absolute atomic E-state index is 6.33. The van der Waals surface area contributed by atoms with E-state index in [0.29, 0.717) is 0 Å². The number of rotatable bonds is 5. The number of para-hydroxylation sites is 2. The zero-order valence-electron chi connectivity index (χ0n) is 12.9. The van der Waals surface area contributed by atoms with Crippen LogP contribution in [0.2, 0.25) is 0 Å². The summed E-state index contributed by atoms with van der Waals surface area (Å²) in [6.45, 7) is 4.02. The molecular formula is C17H24ClN3. The fourth-order valence-corrected chi connectivity index (χ4v) is 3.58. The van der Waals surface area contributed by atoms with Crippen LogP contribution in [0.15, 0.2) is 24.3 Å². The molecule has 1 aliphatic rings. The molecule has 1 aromatic heterocycles. The highest BCUT2D eigenvalue weighted by Gasteiger charge is 2.20. The van der Waals surface area contributed by atoms with E-state index in [1.54, 1.807) is 0 Å². The van der Waals surface area contributed by atoms with Crippen LogP contribution in [0.3, 0.4) is 0 Å². The SMILES string of the molecule is CC(Cl)c1nc2ccccc2n1CCN(C)C1CCCC1. The maximum Gasteiger partial charge on any atom is 0.127 e. The van der Waals surface area contributed by atoms with Crippen LogP contribution in [0.4, 0.5) is 0 Å². The van der Waals surface area contributed by atoms with Crippen molar-refractivity contribution in [1.29, 1.82) is 0 Å². The number of aromatic nitrogens is 2. The first kappa shape index (κ1) is 14.9. The molecule has 0 amide bonds. The van der Waals surface area contributed by atoms with E-state index in [-0.39, 0.29) is 5.38 Å². The van der Waals surface area contributed by atoms with E-state index in [0.717, 1.165) is 30.5 Å². The normalized spacial score (nSPS) is 17.9. The van der Waals surface area contributed by atoms with Crippen molar-refractivity contribution in [3.05, 3.63) is 30.1 Å². The van der Waals surface area contributed by atoms with Crippen LogP contribution in [0, 0.1) is 0 Å². The molecule has 1 heterocycles. The topological polar surface area (TPSA) is 21.1 Å². The number of halogens is 1. The van der Waals surface area contributed by atoms with Crippen molar-refractivity contribution >= 4 is 22.6 Å². The van der Waals surface area contributed by atoms with Gasteiger partial charge in [0.15, 0.2) is 0 Å². The first-order chi connectivity index (χ1) is 10.2. The Kier molecular flexibility index (Phi) is 4.51. The van der Waals surface area contributed by atoms with Gasteiger partial charge in [-0.25, -0.2) is 4.98 Å². The summed E-state index contributed by atoms with van der Waals surface area (Å²) in [5.74, 6) is 0.984. The summed E-state index contributed by atoms with van der Waals surface area (Å²) in [5, 5.41) is -0.0609. The molecule has 4 heteroatoms. The molecule has 0 radical (unpaired) electrons. The molecule has 2 aromatic rings. The van der Waals surface area contributed by atoms with E-state index in [2.05, 4.69) is 34.7 Å². The summed E-state index contributed by atoms with van der Waals surface area (Å²) in [7, 11) is 2.25. The molecule has 0 bridgehead atoms. The Morgan fingerprint density at radius 1 is 1.33 bits per heavy atom. The number of fused-ring (bicyclic) bond motifs is 1. The Hall–Kier alpha value is -1.06. The maximum atomic E-state index is 6.33. The monoisotopic (exact) mass is 305 g/mol. The van der Waals surface area contributed by atoms with Gasteiger partial charge in [0.05, 0.1) is 16.4 Å². The number of imidazole rings is 1. The van der Waals surface area contributed by atoms with Gasteiger partial charge in [-0.3, -0.25) is 0 Å². The predicted molar refractivity (Wildman–Crippen MR) is 88.9 cm³/mol. The highest BCUT2D eigenvalue weighted by Crippen LogP contribution is 2.25. The summed E-state index contributed by atoms with van der Waals surface area (Å²) in [6, 6.07) is 9.07. The van der Waals surface area contributed by atoms with Crippen molar-refractivity contribution in [2.45, 2.75) is 50.6 Å². The minimum absolute atomic E-state index is 0.0609. The predicted octanol–water partition coefficient (Wildman–Crippen LogP) is 4.21. The summed E-state index contributed by atoms with van der Waals surface area (Å²) in [4.78, 5) is 7.20. The zero-order valence-corrected chi connectivity index (χ0v) is 13.7. The summed E-state index contributed by atoms with van der Waals surface area (Å²) in [6.07, 6.45) is 5.46. The average molecular weight is 306 g/mol. The Labute approximate surface area is 131 Å². The number of benzene rings is 1. The molecule has 0 aliphatic heterocycles. The van der Waals surface area contributed by atoms with Gasteiger partial charge in [0.25, 0.3) is 0 Å². The van der Waals surface area contributed by atoms with E-state index >= 15 is 0 Å². The molecule has 1 fully saturated rings. The molecule has 1 saturated carbocycles. The van der Waals surface area contributed by atoms with Crippen molar-refractivity contribution in [3.8, 4) is 0 Å². The lowest BCUT2D eigenvalue weighted by atomic mass is 10.2. The Morgan fingerprint density at radius 2 is 2.05 bits per heavy atom. The van der Waals surface area contributed by atoms with Crippen molar-refractivity contribution < 1.29 is 0 Å². The van der Waals surface area contributed by atoms with Crippen LogP contribution in [-0.2, 0) is 6.54 Å². The molecule has 1 atom stereocenters. The molecule has 1 aliphatic carbocycles. The fraction of sp³-hybridized carbons (Fsp3) is 0.588. The Bertz CT molecular complexity index is 599. The van der Waals surface area contributed by atoms with Crippen LogP contribution in [0.1, 0.15) is 43.8 Å². The van der Waals surface area contributed by atoms with Gasteiger partial charge in [0.2, 0.25) is 0 Å². The van der Waals surface area contributed by atoms with Gasteiger partial charge in [-0.15, -0.1) is 11.6 Å². The van der Waals surface area contributed by atoms with Crippen molar-refractivity contribution in [2.75, 3.05) is 13.6 Å². The number of hydrogen-bond acceptors (Lipinski definition) is 2. The second-order valence-electron chi connectivity index (χ2n) is 6.15. The first-order valence-electron chi connectivity index (χ1n) is 7.96. The van der Waals surface area contributed by atoms with Gasteiger partial charge < -0.3 is 9.47 Å². The highest BCUT2D eigenvalue weighted by atomic mass is 35.5. The van der Waals surface area contributed by atoms with Gasteiger partial charge in [0, 0.05) is 19.1 Å². The third kappa shape index (κ3) is 3.09. The van der Waals surface area contributed by atoms with E-state index < -0.39 is 0 Å². The standard InChI is InChI=1S/C17H24ClN3/c1-13(18)17-19-15-9-5-6-10-16(15)21(17)12-11-20(2)14-7-3-4-8-14/h5-6,9-10,13-14H,3-4,7-8,11-12H2,1-2H3. The van der Waals surface area contributed by atoms with Crippen LogP contribution in [0.25, 0.3) is 11.0 Å². The Morgan fingerprint density at radius 3 is 2.76 bits per heavy atom. The molecule has 1 unspecified atom stereocenters. The van der Waals surface area contributed by atoms with Gasteiger partial charge in [-0.2, -0.15) is 0 Å². The van der Waals surface area contributed by atoms with Gasteiger partial charge in [-0.05, 0) is 38.9 Å². The van der Waals surface area contributed by atoms with E-state index in [9.17, 15) is 0 Å². The second-order valence-corrected chi connectivity index (χ2v) is 6.80. The van der Waals surface area contributed by atoms with Gasteiger partial charge in [0.1, 0.15) is 5.82 Å². The van der Waals surface area contributed by atoms with E-state index in [4.69, 9.17) is 16.6 Å². The number of alkyl halides is 1. The lowest BCUT2D eigenvalue weighted by Crippen LogP contribution is -2.32. The zero-order chi connectivity index (χ0) is 14.8. The number of nitrogens with zero attached hydrogens (tertiary/aromatic N) is 3. The van der Waals surface area contributed by atoms with Crippen molar-refractivity contribution in [2.24, 2.45) is 0 Å². The molecule has 114 valence electrons. The van der Waals surface area contributed by atoms with Crippen LogP contribution < -0.4 is 0 Å². The lowest BCUT2D eigenvalue weighted by molar-refractivity contribution is 0.236. The van der Waals surface area contributed by atoms with Gasteiger partial charge >= 0.3 is 0 Å². The molecule has 0 spiro atoms. The summed E-state index contributed by atoms with van der Waals surface area (Å²) in [5.41, 5.74) is 2.24. The molecular weight excluding hydrogens is 282 g/mol. The quantitative estimate of drug-likeness (QED) is 0.772. The van der Waals surface area contributed by atoms with Crippen LogP contribution >= 0.6 is 11.6 Å². The minimum Gasteiger partial charge on any atom is -0.325 e. The van der Waals surface area contributed by atoms with Gasteiger partial charge in [-0.1, -0.05) is 25.0 Å². The fourth-order valence-electron chi connectivity index (χ4n) is 3.42. The van der Waals surface area contributed by atoms with Crippen LogP contribution in [0.5, 0.6) is 0 Å². The highest BCUT2D eigenvalue weighted by molar-refractivity contribution is 6.20. The van der Waals surface area contributed by atoms with E-state index in [1.807, 2.05) is 13.0 Å². The average Bonchev–Trinajstić information content (AvgIpc) is 3.12. The number of hydrogen-bond donors (Lipinski definition) is 0. The lowest BCUT2D eigenvalue weighted by Gasteiger charge is -2.24. The largest absolute Gasteiger partial charge is 0.325 e. The minimum atomic E-state index is -0.0609. The molecule has 3 rings (SSSR count). The summed E-state index contributed by atoms with van der Waals surface area (Å²) < 4.78 is 2.29. The molecule has 21 heavy (non-hydrogen) atoms. The third-order valence-corrected chi connectivity index (χ3v) is 4.86. The smallest absolute Gasteiger partial charge is 0.127 e. The van der Waals surface area contributed by atoms with Crippen LogP contribution in [-0.4, -0.2) is 34.1 Å². The van der Waals surface area contributed by atoms with E-state index in [1.165, 1.54) is 31.2 Å². The third-order valence-electron chi connectivity index (χ3n) is 4.66.